The zero-order chi connectivity index (χ0) is 15.3. The van der Waals surface area contributed by atoms with Crippen molar-refractivity contribution in [3.8, 4) is 5.69 Å². The second-order valence-corrected chi connectivity index (χ2v) is 5.44. The fourth-order valence-electron chi connectivity index (χ4n) is 2.75. The molecule has 0 aliphatic carbocycles. The summed E-state index contributed by atoms with van der Waals surface area (Å²) in [5, 5.41) is 5.62. The normalized spacial score (nSPS) is 11.4. The molecular formula is C18H14N2O2. The number of hydrogen-bond donors (Lipinski definition) is 0. The highest BCUT2D eigenvalue weighted by molar-refractivity contribution is 5.90. The van der Waals surface area contributed by atoms with E-state index in [0.29, 0.717) is 27.8 Å². The van der Waals surface area contributed by atoms with E-state index in [-0.39, 0.29) is 5.43 Å². The lowest BCUT2D eigenvalue weighted by Crippen LogP contribution is -2.03. The van der Waals surface area contributed by atoms with Crippen LogP contribution in [0, 0.1) is 13.8 Å². The average Bonchev–Trinajstić information content (AvgIpc) is 2.85. The van der Waals surface area contributed by atoms with E-state index >= 15 is 0 Å². The van der Waals surface area contributed by atoms with Gasteiger partial charge in [0, 0.05) is 0 Å². The summed E-state index contributed by atoms with van der Waals surface area (Å²) >= 11 is 0. The molecule has 0 radical (unpaired) electrons. The van der Waals surface area contributed by atoms with Crippen LogP contribution in [0.25, 0.3) is 27.8 Å². The van der Waals surface area contributed by atoms with Crippen LogP contribution in [0.3, 0.4) is 0 Å². The first-order valence-corrected chi connectivity index (χ1v) is 7.13. The Bertz CT molecular complexity index is 1060. The molecular weight excluding hydrogens is 276 g/mol. The third-order valence-corrected chi connectivity index (χ3v) is 3.83. The van der Waals surface area contributed by atoms with E-state index in [1.165, 1.54) is 0 Å². The number of aromatic nitrogens is 2. The van der Waals surface area contributed by atoms with Gasteiger partial charge in [-0.1, -0.05) is 24.3 Å². The topological polar surface area (TPSA) is 48.0 Å². The number of benzene rings is 2. The fraction of sp³-hybridized carbons (Fsp3) is 0.111. The van der Waals surface area contributed by atoms with Crippen molar-refractivity contribution < 1.29 is 4.42 Å². The molecule has 2 aromatic carbocycles. The van der Waals surface area contributed by atoms with Gasteiger partial charge >= 0.3 is 0 Å². The zero-order valence-electron chi connectivity index (χ0n) is 12.3. The van der Waals surface area contributed by atoms with Crippen LogP contribution in [-0.4, -0.2) is 9.78 Å². The molecule has 0 fully saturated rings. The first-order chi connectivity index (χ1) is 10.6. The molecule has 108 valence electrons. The highest BCUT2D eigenvalue weighted by Gasteiger charge is 2.17. The van der Waals surface area contributed by atoms with Gasteiger partial charge in [0.05, 0.1) is 16.8 Å². The molecule has 0 saturated heterocycles. The molecule has 0 unspecified atom stereocenters. The largest absolute Gasteiger partial charge is 0.437 e. The van der Waals surface area contributed by atoms with Gasteiger partial charge < -0.3 is 4.42 Å². The Balaban J connectivity index is 2.17. The summed E-state index contributed by atoms with van der Waals surface area (Å²) in [5.74, 6) is 0. The van der Waals surface area contributed by atoms with Crippen LogP contribution in [-0.2, 0) is 0 Å². The molecule has 4 rings (SSSR count). The Morgan fingerprint density at radius 2 is 1.82 bits per heavy atom. The van der Waals surface area contributed by atoms with E-state index < -0.39 is 0 Å². The predicted molar refractivity (Wildman–Crippen MR) is 86.6 cm³/mol. The molecule has 0 amide bonds. The number of fused-ring (bicyclic) bond motifs is 2. The van der Waals surface area contributed by atoms with Gasteiger partial charge in [-0.2, -0.15) is 9.78 Å². The minimum atomic E-state index is -0.0315. The summed E-state index contributed by atoms with van der Waals surface area (Å²) in [6, 6.07) is 15.3. The summed E-state index contributed by atoms with van der Waals surface area (Å²) in [6.07, 6.45) is 0. The van der Waals surface area contributed by atoms with Gasteiger partial charge in [-0.05, 0) is 43.7 Å². The molecule has 0 atom stereocenters. The molecule has 0 aliphatic heterocycles. The van der Waals surface area contributed by atoms with Crippen molar-refractivity contribution in [2.45, 2.75) is 13.8 Å². The standard InChI is InChI=1S/C18H14N2O2/c1-11-8-9-14-15(10-11)22-18-16(17(14)21)12(2)19-20(18)13-6-4-3-5-7-13/h3-10H,1-2H3. The Hall–Kier alpha value is -2.88. The van der Waals surface area contributed by atoms with Gasteiger partial charge in [-0.25, -0.2) is 0 Å². The highest BCUT2D eigenvalue weighted by Crippen LogP contribution is 2.24. The van der Waals surface area contributed by atoms with Gasteiger partial charge in [-0.3, -0.25) is 4.79 Å². The van der Waals surface area contributed by atoms with Gasteiger partial charge in [0.2, 0.25) is 11.1 Å². The van der Waals surface area contributed by atoms with Crippen LogP contribution < -0.4 is 5.43 Å². The number of aryl methyl sites for hydroxylation is 2. The minimum Gasteiger partial charge on any atom is -0.437 e. The van der Waals surface area contributed by atoms with Crippen LogP contribution in [0.2, 0.25) is 0 Å². The summed E-state index contributed by atoms with van der Waals surface area (Å²) in [5.41, 5.74) is 3.65. The lowest BCUT2D eigenvalue weighted by Gasteiger charge is -2.03. The van der Waals surface area contributed by atoms with E-state index in [2.05, 4.69) is 5.10 Å². The molecule has 0 aliphatic rings. The smallest absolute Gasteiger partial charge is 0.234 e. The second-order valence-electron chi connectivity index (χ2n) is 5.44. The summed E-state index contributed by atoms with van der Waals surface area (Å²) in [7, 11) is 0. The molecule has 0 spiro atoms. The first-order valence-electron chi connectivity index (χ1n) is 7.13. The maximum Gasteiger partial charge on any atom is 0.234 e. The van der Waals surface area contributed by atoms with Crippen molar-refractivity contribution in [2.24, 2.45) is 0 Å². The van der Waals surface area contributed by atoms with E-state index in [0.717, 1.165) is 11.3 Å². The number of rotatable bonds is 1. The molecule has 4 heteroatoms. The van der Waals surface area contributed by atoms with Crippen LogP contribution in [0.15, 0.2) is 57.7 Å². The Morgan fingerprint density at radius 3 is 2.59 bits per heavy atom. The monoisotopic (exact) mass is 290 g/mol. The van der Waals surface area contributed by atoms with Gasteiger partial charge in [0.15, 0.2) is 0 Å². The first kappa shape index (κ1) is 12.8. The third kappa shape index (κ3) is 1.77. The van der Waals surface area contributed by atoms with Crippen LogP contribution >= 0.6 is 0 Å². The van der Waals surface area contributed by atoms with Crippen LogP contribution in [0.4, 0.5) is 0 Å². The molecule has 0 bridgehead atoms. The third-order valence-electron chi connectivity index (χ3n) is 3.83. The van der Waals surface area contributed by atoms with Crippen molar-refractivity contribution in [2.75, 3.05) is 0 Å². The van der Waals surface area contributed by atoms with E-state index in [4.69, 9.17) is 4.42 Å². The second kappa shape index (κ2) is 4.56. The van der Waals surface area contributed by atoms with Crippen molar-refractivity contribution in [3.63, 3.8) is 0 Å². The molecule has 0 saturated carbocycles. The minimum absolute atomic E-state index is 0.0315. The maximum absolute atomic E-state index is 12.8. The van der Waals surface area contributed by atoms with Crippen LogP contribution in [0.1, 0.15) is 11.3 Å². The van der Waals surface area contributed by atoms with E-state index in [1.807, 2.05) is 62.4 Å². The van der Waals surface area contributed by atoms with Gasteiger partial charge in [-0.15, -0.1) is 0 Å². The zero-order valence-corrected chi connectivity index (χ0v) is 12.3. The number of hydrogen-bond acceptors (Lipinski definition) is 3. The Morgan fingerprint density at radius 1 is 1.05 bits per heavy atom. The number of nitrogens with zero attached hydrogens (tertiary/aromatic N) is 2. The predicted octanol–water partition coefficient (Wildman–Crippen LogP) is 3.75. The molecule has 2 heterocycles. The van der Waals surface area contributed by atoms with Crippen LogP contribution in [0.5, 0.6) is 0 Å². The van der Waals surface area contributed by atoms with Crippen molar-refractivity contribution in [1.82, 2.24) is 9.78 Å². The average molecular weight is 290 g/mol. The lowest BCUT2D eigenvalue weighted by atomic mass is 10.1. The maximum atomic E-state index is 12.8. The lowest BCUT2D eigenvalue weighted by molar-refractivity contribution is 0.621. The molecule has 22 heavy (non-hydrogen) atoms. The van der Waals surface area contributed by atoms with Crippen molar-refractivity contribution in [3.05, 3.63) is 70.0 Å². The fourth-order valence-corrected chi connectivity index (χ4v) is 2.75. The molecule has 4 aromatic rings. The SMILES string of the molecule is Cc1ccc2c(=O)c3c(C)nn(-c4ccccc4)c3oc2c1. The summed E-state index contributed by atoms with van der Waals surface area (Å²) in [4.78, 5) is 12.8. The molecule has 4 nitrogen and oxygen atoms in total. The van der Waals surface area contributed by atoms with E-state index in [1.54, 1.807) is 4.68 Å². The highest BCUT2D eigenvalue weighted by atomic mass is 16.3. The number of para-hydroxylation sites is 1. The van der Waals surface area contributed by atoms with E-state index in [9.17, 15) is 4.79 Å². The Kier molecular flexibility index (Phi) is 2.66. The Labute approximate surface area is 126 Å². The van der Waals surface area contributed by atoms with Gasteiger partial charge in [0.1, 0.15) is 11.0 Å². The van der Waals surface area contributed by atoms with Gasteiger partial charge in [0.25, 0.3) is 0 Å². The quantitative estimate of drug-likeness (QED) is 0.536. The summed E-state index contributed by atoms with van der Waals surface area (Å²) < 4.78 is 7.70. The van der Waals surface area contributed by atoms with Crippen molar-refractivity contribution in [1.29, 1.82) is 0 Å². The molecule has 2 aromatic heterocycles. The molecule has 0 N–H and O–H groups in total. The summed E-state index contributed by atoms with van der Waals surface area (Å²) in [6.45, 7) is 3.81. The van der Waals surface area contributed by atoms with Crippen molar-refractivity contribution >= 4 is 22.1 Å².